The van der Waals surface area contributed by atoms with Gasteiger partial charge in [0.1, 0.15) is 5.75 Å². The fourth-order valence-electron chi connectivity index (χ4n) is 3.52. The van der Waals surface area contributed by atoms with Gasteiger partial charge in [-0.3, -0.25) is 9.69 Å². The minimum Gasteiger partial charge on any atom is -0.497 e. The van der Waals surface area contributed by atoms with Gasteiger partial charge in [-0.2, -0.15) is 4.98 Å². The molecule has 0 bridgehead atoms. The van der Waals surface area contributed by atoms with E-state index in [-0.39, 0.29) is 11.9 Å². The van der Waals surface area contributed by atoms with Crippen molar-refractivity contribution >= 4 is 5.91 Å². The average molecular weight is 392 g/mol. The number of ether oxygens (including phenoxy) is 1. The first-order valence-corrected chi connectivity index (χ1v) is 9.72. The molecule has 0 saturated carbocycles. The SMILES string of the molecule is COc1cccc(C(=O)N2CCN(C(C)c3nc(-c4ccccc4)no3)CC2)c1. The molecule has 2 aromatic carbocycles. The fraction of sp³-hybridized carbons (Fsp3) is 0.318. The molecule has 2 heterocycles. The zero-order chi connectivity index (χ0) is 20.2. The van der Waals surface area contributed by atoms with Crippen LogP contribution in [0.3, 0.4) is 0 Å². The molecule has 7 heteroatoms. The Morgan fingerprint density at radius 2 is 1.83 bits per heavy atom. The van der Waals surface area contributed by atoms with Crippen LogP contribution in [0.5, 0.6) is 5.75 Å². The van der Waals surface area contributed by atoms with Crippen LogP contribution in [0.2, 0.25) is 0 Å². The third-order valence-corrected chi connectivity index (χ3v) is 5.30. The van der Waals surface area contributed by atoms with Crippen LogP contribution in [0, 0.1) is 0 Å². The molecule has 4 rings (SSSR count). The van der Waals surface area contributed by atoms with Crippen LogP contribution in [-0.2, 0) is 0 Å². The van der Waals surface area contributed by atoms with Crippen molar-refractivity contribution in [2.75, 3.05) is 33.3 Å². The van der Waals surface area contributed by atoms with E-state index >= 15 is 0 Å². The summed E-state index contributed by atoms with van der Waals surface area (Å²) in [5.74, 6) is 1.91. The molecule has 1 fully saturated rings. The maximum Gasteiger partial charge on any atom is 0.254 e. The van der Waals surface area contributed by atoms with E-state index in [0.717, 1.165) is 18.7 Å². The van der Waals surface area contributed by atoms with Crippen molar-refractivity contribution in [2.24, 2.45) is 0 Å². The summed E-state index contributed by atoms with van der Waals surface area (Å²) in [6, 6.07) is 17.1. The van der Waals surface area contributed by atoms with Crippen LogP contribution in [-0.4, -0.2) is 59.1 Å². The molecule has 0 N–H and O–H groups in total. The molecule has 29 heavy (non-hydrogen) atoms. The van der Waals surface area contributed by atoms with Crippen LogP contribution >= 0.6 is 0 Å². The van der Waals surface area contributed by atoms with Crippen molar-refractivity contribution in [3.63, 3.8) is 0 Å². The summed E-state index contributed by atoms with van der Waals surface area (Å²) in [5, 5.41) is 4.11. The topological polar surface area (TPSA) is 71.7 Å². The van der Waals surface area contributed by atoms with Crippen LogP contribution < -0.4 is 4.74 Å². The van der Waals surface area contributed by atoms with E-state index in [0.29, 0.717) is 36.1 Å². The second-order valence-electron chi connectivity index (χ2n) is 7.06. The van der Waals surface area contributed by atoms with Gasteiger partial charge >= 0.3 is 0 Å². The number of hydrogen-bond acceptors (Lipinski definition) is 6. The normalized spacial score (nSPS) is 15.9. The Balaban J connectivity index is 1.38. The van der Waals surface area contributed by atoms with Gasteiger partial charge in [-0.15, -0.1) is 0 Å². The monoisotopic (exact) mass is 392 g/mol. The lowest BCUT2D eigenvalue weighted by atomic mass is 10.1. The number of piperazine rings is 1. The minimum atomic E-state index is -0.00552. The summed E-state index contributed by atoms with van der Waals surface area (Å²) < 4.78 is 10.7. The fourth-order valence-corrected chi connectivity index (χ4v) is 3.52. The number of rotatable bonds is 5. The zero-order valence-electron chi connectivity index (χ0n) is 16.6. The highest BCUT2D eigenvalue weighted by molar-refractivity contribution is 5.94. The second-order valence-corrected chi connectivity index (χ2v) is 7.06. The van der Waals surface area contributed by atoms with E-state index in [1.807, 2.05) is 53.4 Å². The van der Waals surface area contributed by atoms with E-state index in [2.05, 4.69) is 22.0 Å². The molecular formula is C22H24N4O3. The Morgan fingerprint density at radius 3 is 2.55 bits per heavy atom. The summed E-state index contributed by atoms with van der Waals surface area (Å²) in [4.78, 5) is 21.5. The van der Waals surface area contributed by atoms with Crippen LogP contribution in [0.25, 0.3) is 11.4 Å². The van der Waals surface area contributed by atoms with Crippen LogP contribution in [0.1, 0.15) is 29.2 Å². The Hall–Kier alpha value is -3.19. The van der Waals surface area contributed by atoms with E-state index in [9.17, 15) is 4.79 Å². The van der Waals surface area contributed by atoms with Gasteiger partial charge in [-0.05, 0) is 25.1 Å². The number of carbonyl (C=O) groups excluding carboxylic acids is 1. The molecule has 1 amide bonds. The molecule has 1 aliphatic rings. The van der Waals surface area contributed by atoms with Gasteiger partial charge in [-0.25, -0.2) is 0 Å². The number of amides is 1. The number of nitrogens with zero attached hydrogens (tertiary/aromatic N) is 4. The predicted molar refractivity (Wildman–Crippen MR) is 109 cm³/mol. The standard InChI is InChI=1S/C22H24N4O3/c1-16(21-23-20(24-29-21)17-7-4-3-5-8-17)25-11-13-26(14-12-25)22(27)18-9-6-10-19(15-18)28-2/h3-10,15-16H,11-14H2,1-2H3. The molecule has 7 nitrogen and oxygen atoms in total. The van der Waals surface area contributed by atoms with Gasteiger partial charge in [0, 0.05) is 37.3 Å². The molecule has 1 atom stereocenters. The first kappa shape index (κ1) is 19.1. The maximum atomic E-state index is 12.8. The summed E-state index contributed by atoms with van der Waals surface area (Å²) in [6.45, 7) is 4.86. The summed E-state index contributed by atoms with van der Waals surface area (Å²) in [5.41, 5.74) is 1.58. The van der Waals surface area contributed by atoms with Crippen molar-refractivity contribution in [3.8, 4) is 17.1 Å². The van der Waals surface area contributed by atoms with Crippen molar-refractivity contribution in [3.05, 3.63) is 66.1 Å². The van der Waals surface area contributed by atoms with Gasteiger partial charge in [0.25, 0.3) is 5.91 Å². The Labute approximate surface area is 169 Å². The van der Waals surface area contributed by atoms with Gasteiger partial charge in [0.2, 0.25) is 11.7 Å². The smallest absolute Gasteiger partial charge is 0.254 e. The number of carbonyl (C=O) groups is 1. The van der Waals surface area contributed by atoms with E-state index in [1.165, 1.54) is 0 Å². The van der Waals surface area contributed by atoms with Crippen molar-refractivity contribution in [1.29, 1.82) is 0 Å². The van der Waals surface area contributed by atoms with Crippen molar-refractivity contribution in [2.45, 2.75) is 13.0 Å². The third kappa shape index (κ3) is 4.14. The lowest BCUT2D eigenvalue weighted by Crippen LogP contribution is -2.49. The molecule has 1 aromatic heterocycles. The number of methoxy groups -OCH3 is 1. The lowest BCUT2D eigenvalue weighted by Gasteiger charge is -2.36. The van der Waals surface area contributed by atoms with Gasteiger partial charge in [0.05, 0.1) is 13.2 Å². The maximum absolute atomic E-state index is 12.8. The molecule has 150 valence electrons. The molecule has 0 radical (unpaired) electrons. The first-order chi connectivity index (χ1) is 14.2. The van der Waals surface area contributed by atoms with Crippen LogP contribution in [0.4, 0.5) is 0 Å². The Morgan fingerprint density at radius 1 is 1.07 bits per heavy atom. The summed E-state index contributed by atoms with van der Waals surface area (Å²) >= 11 is 0. The number of benzene rings is 2. The molecule has 0 spiro atoms. The molecule has 1 aliphatic heterocycles. The highest BCUT2D eigenvalue weighted by Gasteiger charge is 2.28. The zero-order valence-corrected chi connectivity index (χ0v) is 16.6. The quantitative estimate of drug-likeness (QED) is 0.664. The average Bonchev–Trinajstić information content (AvgIpc) is 3.29. The second kappa shape index (κ2) is 8.45. The predicted octanol–water partition coefficient (Wildman–Crippen LogP) is 3.26. The highest BCUT2D eigenvalue weighted by Crippen LogP contribution is 2.24. The minimum absolute atomic E-state index is 0.00552. The third-order valence-electron chi connectivity index (χ3n) is 5.30. The molecule has 3 aromatic rings. The molecular weight excluding hydrogens is 368 g/mol. The summed E-state index contributed by atoms with van der Waals surface area (Å²) in [6.07, 6.45) is 0. The molecule has 1 unspecified atom stereocenters. The van der Waals surface area contributed by atoms with Gasteiger partial charge in [0.15, 0.2) is 0 Å². The van der Waals surface area contributed by atoms with E-state index < -0.39 is 0 Å². The summed E-state index contributed by atoms with van der Waals surface area (Å²) in [7, 11) is 1.60. The highest BCUT2D eigenvalue weighted by atomic mass is 16.5. The number of aromatic nitrogens is 2. The lowest BCUT2D eigenvalue weighted by molar-refractivity contribution is 0.0551. The van der Waals surface area contributed by atoms with E-state index in [1.54, 1.807) is 13.2 Å². The molecule has 1 saturated heterocycles. The first-order valence-electron chi connectivity index (χ1n) is 9.72. The Kier molecular flexibility index (Phi) is 5.57. The van der Waals surface area contributed by atoms with Gasteiger partial charge < -0.3 is 14.2 Å². The van der Waals surface area contributed by atoms with E-state index in [4.69, 9.17) is 9.26 Å². The van der Waals surface area contributed by atoms with Crippen molar-refractivity contribution in [1.82, 2.24) is 19.9 Å². The largest absolute Gasteiger partial charge is 0.497 e. The van der Waals surface area contributed by atoms with Crippen molar-refractivity contribution < 1.29 is 14.1 Å². The van der Waals surface area contributed by atoms with Crippen LogP contribution in [0.15, 0.2) is 59.1 Å². The van der Waals surface area contributed by atoms with Gasteiger partial charge in [-0.1, -0.05) is 41.6 Å². The molecule has 0 aliphatic carbocycles. The number of hydrogen-bond donors (Lipinski definition) is 0. The Bertz CT molecular complexity index is 965.